The van der Waals surface area contributed by atoms with E-state index in [1.54, 1.807) is 23.5 Å². The summed E-state index contributed by atoms with van der Waals surface area (Å²) >= 11 is 7.83. The first-order chi connectivity index (χ1) is 22.6. The summed E-state index contributed by atoms with van der Waals surface area (Å²) in [4.78, 5) is 48.4. The molecule has 0 unspecified atom stereocenters. The van der Waals surface area contributed by atoms with Gasteiger partial charge in [0.15, 0.2) is 11.5 Å². The number of ether oxygens (including phenoxy) is 1. The minimum absolute atomic E-state index is 0. The maximum atomic E-state index is 13.2. The van der Waals surface area contributed by atoms with Crippen LogP contribution in [0.3, 0.4) is 0 Å². The molecule has 1 aliphatic rings. The second-order valence-corrected chi connectivity index (χ2v) is 12.3. The number of benzene rings is 1. The van der Waals surface area contributed by atoms with Crippen LogP contribution in [-0.4, -0.2) is 63.4 Å². The number of methoxy groups -OCH3 is 1. The van der Waals surface area contributed by atoms with Gasteiger partial charge in [-0.3, -0.25) is 19.1 Å². The van der Waals surface area contributed by atoms with Crippen molar-refractivity contribution >= 4 is 64.7 Å². The second-order valence-electron chi connectivity index (χ2n) is 10.7. The smallest absolute Gasteiger partial charge is 0.358 e. The Kier molecular flexibility index (Phi) is 12.1. The number of fused-ring (bicyclic) bond motifs is 3. The number of carbonyl (C=O) groups excluding carboxylic acids is 3. The van der Waals surface area contributed by atoms with Gasteiger partial charge in [-0.1, -0.05) is 35.6 Å². The van der Waals surface area contributed by atoms with Gasteiger partial charge < -0.3 is 21.1 Å². The highest BCUT2D eigenvalue weighted by Gasteiger charge is 2.32. The van der Waals surface area contributed by atoms with Crippen molar-refractivity contribution in [1.29, 1.82) is 0 Å². The van der Waals surface area contributed by atoms with Gasteiger partial charge in [-0.25, -0.2) is 9.78 Å². The third-order valence-electron chi connectivity index (χ3n) is 7.51. The molecule has 4 heterocycles. The molecule has 0 radical (unpaired) electrons. The first-order valence-corrected chi connectivity index (χ1v) is 16.0. The number of anilines is 1. The highest BCUT2D eigenvalue weighted by atomic mass is 35.5. The van der Waals surface area contributed by atoms with Crippen molar-refractivity contribution in [2.24, 2.45) is 10.7 Å². The number of hydrogen-bond donors (Lipinski definition) is 3. The first kappa shape index (κ1) is 36.2. The number of esters is 1. The summed E-state index contributed by atoms with van der Waals surface area (Å²) in [5, 5.41) is 15.9. The largest absolute Gasteiger partial charge is 0.464 e. The van der Waals surface area contributed by atoms with Crippen LogP contribution in [0.1, 0.15) is 74.6 Å². The van der Waals surface area contributed by atoms with E-state index in [4.69, 9.17) is 27.1 Å². The molecule has 4 N–H and O–H groups in total. The lowest BCUT2D eigenvalue weighted by molar-refractivity contribution is -0.122. The van der Waals surface area contributed by atoms with Crippen molar-refractivity contribution in [3.8, 4) is 16.8 Å². The number of nitrogens with two attached hydrogens (primary N) is 1. The highest BCUT2D eigenvalue weighted by Crippen LogP contribution is 2.39. The van der Waals surface area contributed by atoms with E-state index in [1.165, 1.54) is 7.11 Å². The third-order valence-corrected chi connectivity index (χ3v) is 8.95. The van der Waals surface area contributed by atoms with Gasteiger partial charge in [0.25, 0.3) is 0 Å². The molecule has 48 heavy (non-hydrogen) atoms. The Bertz CT molecular complexity index is 1940. The molecule has 0 saturated heterocycles. The molecule has 0 aliphatic carbocycles. The van der Waals surface area contributed by atoms with E-state index >= 15 is 0 Å². The minimum Gasteiger partial charge on any atom is -0.464 e. The Labute approximate surface area is 293 Å². The van der Waals surface area contributed by atoms with E-state index in [1.807, 2.05) is 35.8 Å². The van der Waals surface area contributed by atoms with Crippen LogP contribution in [0.2, 0.25) is 5.02 Å². The van der Waals surface area contributed by atoms with Crippen molar-refractivity contribution < 1.29 is 19.1 Å². The molecule has 0 fully saturated rings. The average molecular weight is 710 g/mol. The summed E-state index contributed by atoms with van der Waals surface area (Å²) in [6, 6.07) is 10.0. The molecule has 1 aliphatic heterocycles. The molecule has 12 nitrogen and oxygen atoms in total. The molecule has 250 valence electrons. The number of thiophene rings is 1. The molecular formula is C33H34Cl2N8O4S. The molecule has 15 heteroatoms. The predicted octanol–water partition coefficient (Wildman–Crippen LogP) is 4.64. The van der Waals surface area contributed by atoms with Gasteiger partial charge in [-0.2, -0.15) is 0 Å². The van der Waals surface area contributed by atoms with E-state index in [0.717, 1.165) is 32.3 Å². The van der Waals surface area contributed by atoms with Crippen LogP contribution in [0.5, 0.6) is 0 Å². The third kappa shape index (κ3) is 7.91. The Balaban J connectivity index is 0.00000520. The van der Waals surface area contributed by atoms with E-state index in [9.17, 15) is 14.4 Å². The maximum Gasteiger partial charge on any atom is 0.358 e. The summed E-state index contributed by atoms with van der Waals surface area (Å²) in [5.74, 6) is 5.66. The number of aromatic nitrogens is 4. The first-order valence-electron chi connectivity index (χ1n) is 14.8. The number of nitrogens with zero attached hydrogens (tertiary/aromatic N) is 5. The van der Waals surface area contributed by atoms with E-state index < -0.39 is 12.0 Å². The van der Waals surface area contributed by atoms with E-state index in [0.29, 0.717) is 28.7 Å². The van der Waals surface area contributed by atoms with Crippen molar-refractivity contribution in [1.82, 2.24) is 25.1 Å². The lowest BCUT2D eigenvalue weighted by Crippen LogP contribution is -2.27. The zero-order valence-electron chi connectivity index (χ0n) is 26.7. The van der Waals surface area contributed by atoms with Crippen molar-refractivity contribution in [2.75, 3.05) is 25.5 Å². The lowest BCUT2D eigenvalue weighted by atomic mass is 9.99. The molecule has 1 aromatic carbocycles. The molecule has 1 atom stereocenters. The van der Waals surface area contributed by atoms with Crippen molar-refractivity contribution in [3.05, 3.63) is 85.9 Å². The fourth-order valence-electron chi connectivity index (χ4n) is 5.09. The zero-order valence-corrected chi connectivity index (χ0v) is 29.1. The topological polar surface area (TPSA) is 166 Å². The number of aryl methyl sites for hydroxylation is 2. The van der Waals surface area contributed by atoms with Crippen molar-refractivity contribution in [3.63, 3.8) is 0 Å². The van der Waals surface area contributed by atoms with Gasteiger partial charge in [0, 0.05) is 34.0 Å². The summed E-state index contributed by atoms with van der Waals surface area (Å²) in [7, 11) is 1.23. The van der Waals surface area contributed by atoms with Gasteiger partial charge in [-0.15, -0.1) is 33.9 Å². The van der Waals surface area contributed by atoms with E-state index in [-0.39, 0.29) is 61.7 Å². The molecule has 2 amide bonds. The molecule has 5 rings (SSSR count). The number of nitrogens with one attached hydrogen (secondary N) is 2. The van der Waals surface area contributed by atoms with Gasteiger partial charge in [0.2, 0.25) is 11.8 Å². The number of hydrogen-bond acceptors (Lipinski definition) is 10. The molecule has 0 saturated carbocycles. The monoisotopic (exact) mass is 708 g/mol. The second kappa shape index (κ2) is 16.0. The van der Waals surface area contributed by atoms with Crippen LogP contribution in [0.15, 0.2) is 41.4 Å². The summed E-state index contributed by atoms with van der Waals surface area (Å²) in [6.45, 7) is 6.41. The molecule has 3 aromatic heterocycles. The van der Waals surface area contributed by atoms with Crippen LogP contribution in [0.4, 0.5) is 5.82 Å². The summed E-state index contributed by atoms with van der Waals surface area (Å²) in [5.41, 5.74) is 9.49. The number of carbonyl (C=O) groups is 3. The Morgan fingerprint density at radius 2 is 1.83 bits per heavy atom. The lowest BCUT2D eigenvalue weighted by Gasteiger charge is -2.13. The fraction of sp³-hybridized carbons (Fsp3) is 0.303. The Morgan fingerprint density at radius 1 is 1.08 bits per heavy atom. The minimum atomic E-state index is -0.683. The Hall–Kier alpha value is -4.61. The number of pyridine rings is 1. The maximum absolute atomic E-state index is 13.2. The van der Waals surface area contributed by atoms with Gasteiger partial charge in [0.05, 0.1) is 31.4 Å². The molecule has 0 spiro atoms. The number of rotatable bonds is 9. The highest BCUT2D eigenvalue weighted by molar-refractivity contribution is 7.15. The molecule has 0 bridgehead atoms. The van der Waals surface area contributed by atoms with Gasteiger partial charge in [-0.05, 0) is 57.0 Å². The summed E-state index contributed by atoms with van der Waals surface area (Å²) < 4.78 is 6.77. The standard InChI is InChI=1S/C33H33ClN8O4S.ClH/c1-18-19(2)47-32-28(18)29(22-9-12-23(34)13-10-22)37-24(31-41-40-20(3)42(31)32)17-27(44)36-16-6-8-26(43)38-25-14-11-21(7-5-15-35)30(39-25)33(45)46-4;/h9-14,24H,6,8,15-17,35H2,1-4H3,(H,36,44)(H,38,39,43);1H/t24-;/m0./s1. The quantitative estimate of drug-likeness (QED) is 0.129. The predicted molar refractivity (Wildman–Crippen MR) is 188 cm³/mol. The average Bonchev–Trinajstić information content (AvgIpc) is 3.54. The molecule has 4 aromatic rings. The van der Waals surface area contributed by atoms with Crippen molar-refractivity contribution in [2.45, 2.75) is 46.1 Å². The normalized spacial score (nSPS) is 13.0. The van der Waals surface area contributed by atoms with Gasteiger partial charge in [0.1, 0.15) is 22.7 Å². The van der Waals surface area contributed by atoms with Crippen LogP contribution in [-0.2, 0) is 14.3 Å². The number of aliphatic imine (C=N–C) groups is 1. The van der Waals surface area contributed by atoms with Crippen LogP contribution < -0.4 is 16.4 Å². The zero-order chi connectivity index (χ0) is 33.7. The fourth-order valence-corrected chi connectivity index (χ4v) is 6.43. The van der Waals surface area contributed by atoms with Crippen LogP contribution in [0, 0.1) is 32.6 Å². The van der Waals surface area contributed by atoms with Crippen LogP contribution in [0.25, 0.3) is 5.00 Å². The Morgan fingerprint density at radius 3 is 2.54 bits per heavy atom. The SMILES string of the molecule is COC(=O)c1nc(NC(=O)CCCNC(=O)C[C@@H]2N=C(c3ccc(Cl)cc3)c3c(sc(C)c3C)-n3c(C)nnc32)ccc1C#CCN.Cl. The van der Waals surface area contributed by atoms with E-state index in [2.05, 4.69) is 51.5 Å². The van der Waals surface area contributed by atoms with Gasteiger partial charge >= 0.3 is 5.97 Å². The number of amides is 2. The van der Waals surface area contributed by atoms with Crippen LogP contribution >= 0.6 is 35.3 Å². The molecular weight excluding hydrogens is 675 g/mol. The number of halogens is 2. The summed E-state index contributed by atoms with van der Waals surface area (Å²) in [6.07, 6.45) is 0.517.